The number of nitrogens with one attached hydrogen (secondary N) is 1. The van der Waals surface area contributed by atoms with Crippen LogP contribution in [0, 0.1) is 5.92 Å². The van der Waals surface area contributed by atoms with Crippen molar-refractivity contribution in [2.45, 2.75) is 51.5 Å². The molecule has 27 heavy (non-hydrogen) atoms. The highest BCUT2D eigenvalue weighted by Crippen LogP contribution is 2.24. The van der Waals surface area contributed by atoms with Gasteiger partial charge in [-0.05, 0) is 43.0 Å². The Kier molecular flexibility index (Phi) is 5.88. The molecule has 1 aromatic carbocycles. The topological polar surface area (TPSA) is 92.8 Å². The van der Waals surface area contributed by atoms with Crippen molar-refractivity contribution in [3.63, 3.8) is 0 Å². The van der Waals surface area contributed by atoms with E-state index in [0.29, 0.717) is 11.6 Å². The second-order valence-electron chi connectivity index (χ2n) is 7.18. The van der Waals surface area contributed by atoms with E-state index >= 15 is 0 Å². The number of imide groups is 1. The smallest absolute Gasteiger partial charge is 0.338 e. The third-order valence-corrected chi connectivity index (χ3v) is 5.20. The number of carbonyl (C=O) groups excluding carboxylic acids is 4. The number of nitrogens with zero attached hydrogens (tertiary/aromatic N) is 1. The Labute approximate surface area is 158 Å². The molecule has 0 radical (unpaired) electrons. The minimum Gasteiger partial charge on any atom is -0.452 e. The SMILES string of the molecule is C[C@H]1CCCC[C@H]1NC(=O)COC(=O)c1ccc(N2C(=O)CCC2=O)cc1. The molecule has 1 saturated heterocycles. The molecule has 7 nitrogen and oxygen atoms in total. The van der Waals surface area contributed by atoms with Gasteiger partial charge in [0.25, 0.3) is 5.91 Å². The van der Waals surface area contributed by atoms with Gasteiger partial charge in [-0.15, -0.1) is 0 Å². The number of benzene rings is 1. The van der Waals surface area contributed by atoms with Crippen LogP contribution in [0.4, 0.5) is 5.69 Å². The standard InChI is InChI=1S/C20H24N2O5/c1-13-4-2-3-5-16(13)21-17(23)12-27-20(26)14-6-8-15(9-7-14)22-18(24)10-11-19(22)25/h6-9,13,16H,2-5,10-12H2,1H3,(H,21,23)/t13-,16+/m0/s1. The van der Waals surface area contributed by atoms with Gasteiger partial charge in [-0.25, -0.2) is 4.79 Å². The number of carbonyl (C=O) groups is 4. The summed E-state index contributed by atoms with van der Waals surface area (Å²) in [6.07, 6.45) is 4.75. The molecule has 1 N–H and O–H groups in total. The molecule has 2 aliphatic rings. The van der Waals surface area contributed by atoms with Crippen LogP contribution in [0.15, 0.2) is 24.3 Å². The van der Waals surface area contributed by atoms with Crippen molar-refractivity contribution in [2.75, 3.05) is 11.5 Å². The summed E-state index contributed by atoms with van der Waals surface area (Å²) in [5.41, 5.74) is 0.694. The number of hydrogen-bond donors (Lipinski definition) is 1. The van der Waals surface area contributed by atoms with Crippen molar-refractivity contribution in [1.29, 1.82) is 0 Å². The minimum atomic E-state index is -0.618. The normalized spacial score (nSPS) is 22.6. The molecule has 0 aromatic heterocycles. The molecule has 2 fully saturated rings. The molecular weight excluding hydrogens is 348 g/mol. The van der Waals surface area contributed by atoms with E-state index in [1.54, 1.807) is 0 Å². The van der Waals surface area contributed by atoms with Crippen LogP contribution in [-0.4, -0.2) is 36.3 Å². The van der Waals surface area contributed by atoms with Crippen LogP contribution < -0.4 is 10.2 Å². The third-order valence-electron chi connectivity index (χ3n) is 5.20. The molecule has 1 aliphatic heterocycles. The molecule has 3 amide bonds. The van der Waals surface area contributed by atoms with Gasteiger partial charge in [0.2, 0.25) is 11.8 Å². The van der Waals surface area contributed by atoms with E-state index in [4.69, 9.17) is 4.74 Å². The summed E-state index contributed by atoms with van der Waals surface area (Å²) in [6, 6.07) is 6.16. The summed E-state index contributed by atoms with van der Waals surface area (Å²) in [5, 5.41) is 2.93. The largest absolute Gasteiger partial charge is 0.452 e. The zero-order chi connectivity index (χ0) is 19.4. The van der Waals surface area contributed by atoms with Crippen LogP contribution in [0.5, 0.6) is 0 Å². The number of anilines is 1. The maximum atomic E-state index is 12.1. The Morgan fingerprint density at radius 3 is 2.33 bits per heavy atom. The van der Waals surface area contributed by atoms with Crippen molar-refractivity contribution in [1.82, 2.24) is 5.32 Å². The number of esters is 1. The maximum absolute atomic E-state index is 12.1. The van der Waals surface area contributed by atoms with E-state index in [-0.39, 0.29) is 48.8 Å². The summed E-state index contributed by atoms with van der Waals surface area (Å²) in [5.74, 6) is -0.978. The van der Waals surface area contributed by atoms with Gasteiger partial charge in [0.05, 0.1) is 11.3 Å². The first-order valence-corrected chi connectivity index (χ1v) is 9.38. The Morgan fingerprint density at radius 1 is 1.07 bits per heavy atom. The van der Waals surface area contributed by atoms with Crippen LogP contribution in [0.1, 0.15) is 55.8 Å². The molecule has 0 unspecified atom stereocenters. The summed E-state index contributed by atoms with van der Waals surface area (Å²) in [4.78, 5) is 48.7. The average molecular weight is 372 g/mol. The Balaban J connectivity index is 1.51. The highest BCUT2D eigenvalue weighted by molar-refractivity contribution is 6.19. The number of hydrogen-bond acceptors (Lipinski definition) is 5. The molecule has 1 saturated carbocycles. The number of rotatable bonds is 5. The summed E-state index contributed by atoms with van der Waals surface area (Å²) >= 11 is 0. The summed E-state index contributed by atoms with van der Waals surface area (Å²) in [6.45, 7) is 1.79. The zero-order valence-corrected chi connectivity index (χ0v) is 15.4. The van der Waals surface area contributed by atoms with E-state index in [2.05, 4.69) is 12.2 Å². The molecule has 1 aromatic rings. The minimum absolute atomic E-state index is 0.139. The fourth-order valence-electron chi connectivity index (χ4n) is 3.60. The highest BCUT2D eigenvalue weighted by atomic mass is 16.5. The number of amides is 3. The first-order valence-electron chi connectivity index (χ1n) is 9.38. The molecule has 0 spiro atoms. The van der Waals surface area contributed by atoms with E-state index in [1.165, 1.54) is 30.7 Å². The van der Waals surface area contributed by atoms with Gasteiger partial charge in [-0.2, -0.15) is 0 Å². The zero-order valence-electron chi connectivity index (χ0n) is 15.4. The van der Waals surface area contributed by atoms with Crippen molar-refractivity contribution in [3.05, 3.63) is 29.8 Å². The predicted molar refractivity (Wildman–Crippen MR) is 98.0 cm³/mol. The average Bonchev–Trinajstić information content (AvgIpc) is 3.00. The van der Waals surface area contributed by atoms with Gasteiger partial charge in [-0.1, -0.05) is 19.8 Å². The fourth-order valence-corrected chi connectivity index (χ4v) is 3.60. The molecular formula is C20H24N2O5. The third kappa shape index (κ3) is 4.53. The molecule has 2 atom stereocenters. The van der Waals surface area contributed by atoms with E-state index in [0.717, 1.165) is 24.2 Å². The van der Waals surface area contributed by atoms with Crippen LogP contribution in [0.3, 0.4) is 0 Å². The lowest BCUT2D eigenvalue weighted by Crippen LogP contribution is -2.42. The lowest BCUT2D eigenvalue weighted by molar-refractivity contribution is -0.125. The second-order valence-corrected chi connectivity index (χ2v) is 7.18. The van der Waals surface area contributed by atoms with Crippen LogP contribution in [0.25, 0.3) is 0 Å². The Morgan fingerprint density at radius 2 is 1.70 bits per heavy atom. The fraction of sp³-hybridized carbons (Fsp3) is 0.500. The first kappa shape index (κ1) is 19.1. The van der Waals surface area contributed by atoms with Crippen molar-refractivity contribution in [3.8, 4) is 0 Å². The lowest BCUT2D eigenvalue weighted by Gasteiger charge is -2.29. The van der Waals surface area contributed by atoms with Gasteiger partial charge in [-0.3, -0.25) is 19.3 Å². The maximum Gasteiger partial charge on any atom is 0.338 e. The van der Waals surface area contributed by atoms with E-state index in [9.17, 15) is 19.2 Å². The molecule has 1 heterocycles. The Hall–Kier alpha value is -2.70. The van der Waals surface area contributed by atoms with Crippen LogP contribution in [-0.2, 0) is 19.1 Å². The predicted octanol–water partition coefficient (Wildman–Crippen LogP) is 2.19. The molecule has 7 heteroatoms. The summed E-state index contributed by atoms with van der Waals surface area (Å²) < 4.78 is 5.08. The quantitative estimate of drug-likeness (QED) is 0.632. The monoisotopic (exact) mass is 372 g/mol. The van der Waals surface area contributed by atoms with Crippen LogP contribution >= 0.6 is 0 Å². The van der Waals surface area contributed by atoms with Gasteiger partial charge in [0, 0.05) is 18.9 Å². The number of ether oxygens (including phenoxy) is 1. The molecule has 1 aliphatic carbocycles. The van der Waals surface area contributed by atoms with Gasteiger partial charge in [0.15, 0.2) is 6.61 Å². The van der Waals surface area contributed by atoms with Gasteiger partial charge < -0.3 is 10.1 Å². The van der Waals surface area contributed by atoms with Crippen LogP contribution in [0.2, 0.25) is 0 Å². The lowest BCUT2D eigenvalue weighted by atomic mass is 9.86. The second kappa shape index (κ2) is 8.33. The molecule has 144 valence electrons. The van der Waals surface area contributed by atoms with Gasteiger partial charge >= 0.3 is 5.97 Å². The van der Waals surface area contributed by atoms with Crippen molar-refractivity contribution < 1.29 is 23.9 Å². The van der Waals surface area contributed by atoms with E-state index in [1.807, 2.05) is 0 Å². The van der Waals surface area contributed by atoms with Crippen molar-refractivity contribution in [2.24, 2.45) is 5.92 Å². The van der Waals surface area contributed by atoms with E-state index < -0.39 is 5.97 Å². The van der Waals surface area contributed by atoms with Gasteiger partial charge in [0.1, 0.15) is 0 Å². The van der Waals surface area contributed by atoms with Crippen molar-refractivity contribution >= 4 is 29.4 Å². The molecule has 0 bridgehead atoms. The highest BCUT2D eigenvalue weighted by Gasteiger charge is 2.30. The Bertz CT molecular complexity index is 727. The summed E-state index contributed by atoms with van der Waals surface area (Å²) in [7, 11) is 0. The molecule has 3 rings (SSSR count). The first-order chi connectivity index (χ1) is 13.0.